The zero-order chi connectivity index (χ0) is 18.8. The first-order chi connectivity index (χ1) is 12.9. The molecule has 9 heteroatoms. The molecule has 144 valence electrons. The highest BCUT2D eigenvalue weighted by Crippen LogP contribution is 2.64. The molecule has 4 aliphatic carbocycles. The van der Waals surface area contributed by atoms with E-state index in [0.717, 1.165) is 37.8 Å². The molecule has 4 bridgehead atoms. The van der Waals surface area contributed by atoms with Crippen molar-refractivity contribution in [3.63, 3.8) is 0 Å². The van der Waals surface area contributed by atoms with E-state index in [-0.39, 0.29) is 16.9 Å². The molecular weight excluding hydrogens is 432 g/mol. The van der Waals surface area contributed by atoms with Gasteiger partial charge in [0.15, 0.2) is 0 Å². The van der Waals surface area contributed by atoms with Gasteiger partial charge < -0.3 is 5.32 Å². The van der Waals surface area contributed by atoms with Gasteiger partial charge in [-0.3, -0.25) is 9.48 Å². The minimum absolute atomic E-state index is 0.0788. The van der Waals surface area contributed by atoms with Crippen LogP contribution in [0.25, 0.3) is 0 Å². The topological polar surface area (TPSA) is 77.6 Å². The zero-order valence-electron chi connectivity index (χ0n) is 15.2. The van der Waals surface area contributed by atoms with Crippen molar-refractivity contribution in [3.05, 3.63) is 28.0 Å². The molecule has 27 heavy (non-hydrogen) atoms. The smallest absolute Gasteiger partial charge is 0.226 e. The second-order valence-electron chi connectivity index (χ2n) is 8.67. The van der Waals surface area contributed by atoms with Gasteiger partial charge in [-0.15, -0.1) is 5.10 Å². The van der Waals surface area contributed by atoms with Gasteiger partial charge in [0.1, 0.15) is 6.33 Å². The van der Waals surface area contributed by atoms with Crippen LogP contribution in [0.5, 0.6) is 0 Å². The maximum atomic E-state index is 13.4. The molecule has 0 spiro atoms. The maximum Gasteiger partial charge on any atom is 0.226 e. The standard InChI is InChI=1S/C18H22BrClN6O/c1-25-14(13(20)7-23-25)8-21-15(27)17-3-11-2-12(4-17)6-18(5-11,9-17)26-10-22-16(19)24-26/h7,10-12H,2-6,8-9H2,1H3,(H,21,27). The molecule has 4 aliphatic rings. The van der Waals surface area contributed by atoms with E-state index in [1.54, 1.807) is 10.9 Å². The van der Waals surface area contributed by atoms with Crippen molar-refractivity contribution in [1.82, 2.24) is 29.9 Å². The van der Waals surface area contributed by atoms with Gasteiger partial charge in [0.2, 0.25) is 10.6 Å². The molecule has 4 saturated carbocycles. The first-order valence-corrected chi connectivity index (χ1v) is 10.6. The van der Waals surface area contributed by atoms with E-state index in [1.165, 1.54) is 6.42 Å². The first-order valence-electron chi connectivity index (χ1n) is 9.41. The van der Waals surface area contributed by atoms with Crippen LogP contribution in [-0.4, -0.2) is 30.5 Å². The van der Waals surface area contributed by atoms with Gasteiger partial charge in [-0.25, -0.2) is 9.67 Å². The van der Waals surface area contributed by atoms with E-state index in [2.05, 4.69) is 36.4 Å². The van der Waals surface area contributed by atoms with Gasteiger partial charge in [-0.2, -0.15) is 5.10 Å². The average Bonchev–Trinajstić information content (AvgIpc) is 3.18. The Morgan fingerprint density at radius 2 is 2.11 bits per heavy atom. The Kier molecular flexibility index (Phi) is 3.95. The fourth-order valence-corrected chi connectivity index (χ4v) is 6.70. The van der Waals surface area contributed by atoms with E-state index in [9.17, 15) is 4.79 Å². The van der Waals surface area contributed by atoms with Gasteiger partial charge in [0.05, 0.1) is 34.4 Å². The third-order valence-electron chi connectivity index (χ3n) is 6.89. The van der Waals surface area contributed by atoms with Gasteiger partial charge in [-0.1, -0.05) is 11.6 Å². The molecule has 0 radical (unpaired) electrons. The fraction of sp³-hybridized carbons (Fsp3) is 0.667. The zero-order valence-corrected chi connectivity index (χ0v) is 17.5. The predicted molar refractivity (Wildman–Crippen MR) is 103 cm³/mol. The Morgan fingerprint density at radius 1 is 1.37 bits per heavy atom. The van der Waals surface area contributed by atoms with Gasteiger partial charge in [-0.05, 0) is 66.3 Å². The van der Waals surface area contributed by atoms with Crippen molar-refractivity contribution in [2.45, 2.75) is 50.6 Å². The molecule has 1 N–H and O–H groups in total. The van der Waals surface area contributed by atoms with Gasteiger partial charge >= 0.3 is 0 Å². The van der Waals surface area contributed by atoms with Gasteiger partial charge in [0.25, 0.3) is 0 Å². The molecule has 6 rings (SSSR count). The number of aromatic nitrogens is 5. The summed E-state index contributed by atoms with van der Waals surface area (Å²) in [7, 11) is 1.84. The summed E-state index contributed by atoms with van der Waals surface area (Å²) in [5.41, 5.74) is 0.447. The third-order valence-corrected chi connectivity index (χ3v) is 7.57. The molecule has 0 saturated heterocycles. The summed E-state index contributed by atoms with van der Waals surface area (Å²) < 4.78 is 4.35. The number of hydrogen-bond acceptors (Lipinski definition) is 4. The van der Waals surface area contributed by atoms with Crippen LogP contribution in [0.4, 0.5) is 0 Å². The van der Waals surface area contributed by atoms with Crippen LogP contribution in [0.15, 0.2) is 17.3 Å². The number of carbonyl (C=O) groups excluding carboxylic acids is 1. The lowest BCUT2D eigenvalue weighted by atomic mass is 9.46. The minimum atomic E-state index is -0.312. The Bertz CT molecular complexity index is 874. The highest BCUT2D eigenvalue weighted by atomic mass is 79.9. The van der Waals surface area contributed by atoms with Crippen LogP contribution in [0.1, 0.15) is 44.2 Å². The van der Waals surface area contributed by atoms with E-state index < -0.39 is 0 Å². The van der Waals surface area contributed by atoms with Crippen molar-refractivity contribution >= 4 is 33.4 Å². The Hall–Kier alpha value is -1.41. The SMILES string of the molecule is Cn1ncc(Cl)c1CNC(=O)C12CC3CC(C1)CC(n1cnc(Br)n1)(C3)C2. The number of halogens is 2. The highest BCUT2D eigenvalue weighted by molar-refractivity contribution is 9.10. The second kappa shape index (κ2) is 6.04. The molecular formula is C18H22BrClN6O. The lowest BCUT2D eigenvalue weighted by Crippen LogP contribution is -2.61. The average molecular weight is 454 g/mol. The van der Waals surface area contributed by atoms with Crippen LogP contribution >= 0.6 is 27.5 Å². The number of nitrogens with one attached hydrogen (secondary N) is 1. The number of hydrogen-bond donors (Lipinski definition) is 1. The Morgan fingerprint density at radius 3 is 2.70 bits per heavy atom. The molecule has 4 fully saturated rings. The summed E-state index contributed by atoms with van der Waals surface area (Å²) in [6, 6.07) is 0. The fourth-order valence-electron chi connectivity index (χ4n) is 6.21. The summed E-state index contributed by atoms with van der Waals surface area (Å²) in [6.07, 6.45) is 9.67. The molecule has 2 aromatic rings. The molecule has 7 nitrogen and oxygen atoms in total. The second-order valence-corrected chi connectivity index (χ2v) is 9.79. The summed E-state index contributed by atoms with van der Waals surface area (Å²) in [5, 5.41) is 12.5. The van der Waals surface area contributed by atoms with Crippen LogP contribution < -0.4 is 5.32 Å². The normalized spacial score (nSPS) is 34.2. The first kappa shape index (κ1) is 17.7. The molecule has 2 aromatic heterocycles. The number of aryl methyl sites for hydroxylation is 1. The highest BCUT2D eigenvalue weighted by Gasteiger charge is 2.61. The molecule has 2 atom stereocenters. The lowest BCUT2D eigenvalue weighted by molar-refractivity contribution is -0.156. The summed E-state index contributed by atoms with van der Waals surface area (Å²) in [6.45, 7) is 0.410. The van der Waals surface area contributed by atoms with E-state index in [4.69, 9.17) is 11.6 Å². The van der Waals surface area contributed by atoms with Crippen molar-refractivity contribution in [3.8, 4) is 0 Å². The molecule has 2 heterocycles. The maximum absolute atomic E-state index is 13.4. The minimum Gasteiger partial charge on any atom is -0.350 e. The third kappa shape index (κ3) is 2.75. The molecule has 0 aliphatic heterocycles. The van der Waals surface area contributed by atoms with Crippen LogP contribution in [0, 0.1) is 17.3 Å². The van der Waals surface area contributed by atoms with Crippen LogP contribution in [0.3, 0.4) is 0 Å². The quantitative estimate of drug-likeness (QED) is 0.772. The van der Waals surface area contributed by atoms with Crippen LogP contribution in [-0.2, 0) is 23.9 Å². The van der Waals surface area contributed by atoms with E-state index in [1.807, 2.05) is 18.1 Å². The van der Waals surface area contributed by atoms with Crippen molar-refractivity contribution in [2.24, 2.45) is 24.3 Å². The molecule has 2 unspecified atom stereocenters. The monoisotopic (exact) mass is 452 g/mol. The summed E-state index contributed by atoms with van der Waals surface area (Å²) >= 11 is 9.57. The number of nitrogens with zero attached hydrogens (tertiary/aromatic N) is 5. The number of carbonyl (C=O) groups is 1. The van der Waals surface area contributed by atoms with E-state index >= 15 is 0 Å². The number of amides is 1. The van der Waals surface area contributed by atoms with Crippen molar-refractivity contribution < 1.29 is 4.79 Å². The predicted octanol–water partition coefficient (Wildman–Crippen LogP) is 3.04. The summed E-state index contributed by atoms with van der Waals surface area (Å²) in [5.74, 6) is 1.32. The van der Waals surface area contributed by atoms with Gasteiger partial charge in [0, 0.05) is 7.05 Å². The Labute approximate surface area is 171 Å². The van der Waals surface area contributed by atoms with Crippen LogP contribution in [0.2, 0.25) is 5.02 Å². The van der Waals surface area contributed by atoms with Crippen molar-refractivity contribution in [2.75, 3.05) is 0 Å². The number of rotatable bonds is 4. The van der Waals surface area contributed by atoms with E-state index in [0.29, 0.717) is 28.1 Å². The molecule has 0 aromatic carbocycles. The Balaban J connectivity index is 1.41. The molecule has 1 amide bonds. The largest absolute Gasteiger partial charge is 0.350 e. The summed E-state index contributed by atoms with van der Waals surface area (Å²) in [4.78, 5) is 17.6. The van der Waals surface area contributed by atoms with Crippen molar-refractivity contribution in [1.29, 1.82) is 0 Å². The lowest BCUT2D eigenvalue weighted by Gasteiger charge is -2.60.